The molecule has 2 aromatic rings. The molecule has 4 heteroatoms. The summed E-state index contributed by atoms with van der Waals surface area (Å²) in [5.41, 5.74) is 8.66. The summed E-state index contributed by atoms with van der Waals surface area (Å²) in [5, 5.41) is 0. The van der Waals surface area contributed by atoms with Gasteiger partial charge >= 0.3 is 0 Å². The molecule has 0 aliphatic carbocycles. The summed E-state index contributed by atoms with van der Waals surface area (Å²) in [6.07, 6.45) is 0.773. The van der Waals surface area contributed by atoms with Crippen molar-refractivity contribution >= 4 is 21.6 Å². The predicted molar refractivity (Wildman–Crippen MR) is 78.3 cm³/mol. The molecule has 0 heterocycles. The van der Waals surface area contributed by atoms with Crippen LogP contribution in [0.15, 0.2) is 46.9 Å². The Morgan fingerprint density at radius 3 is 2.68 bits per heavy atom. The molecule has 2 nitrogen and oxygen atoms in total. The monoisotopic (exact) mass is 323 g/mol. The van der Waals surface area contributed by atoms with Crippen molar-refractivity contribution in [1.29, 1.82) is 0 Å². The van der Waals surface area contributed by atoms with Crippen molar-refractivity contribution in [2.24, 2.45) is 0 Å². The lowest BCUT2D eigenvalue weighted by atomic mass is 10.1. The number of rotatable bonds is 5. The van der Waals surface area contributed by atoms with Gasteiger partial charge in [0.1, 0.15) is 5.82 Å². The van der Waals surface area contributed by atoms with Crippen LogP contribution in [0.3, 0.4) is 0 Å². The molecule has 2 N–H and O–H groups in total. The number of ether oxygens (including phenoxy) is 1. The predicted octanol–water partition coefficient (Wildman–Crippen LogP) is 3.93. The zero-order chi connectivity index (χ0) is 13.7. The van der Waals surface area contributed by atoms with Crippen molar-refractivity contribution in [2.45, 2.75) is 13.0 Å². The van der Waals surface area contributed by atoms with Crippen molar-refractivity contribution in [3.63, 3.8) is 0 Å². The Morgan fingerprint density at radius 2 is 1.95 bits per heavy atom. The van der Waals surface area contributed by atoms with Gasteiger partial charge in [0.2, 0.25) is 0 Å². The number of benzene rings is 2. The molecule has 2 aromatic carbocycles. The summed E-state index contributed by atoms with van der Waals surface area (Å²) in [4.78, 5) is 0. The van der Waals surface area contributed by atoms with Gasteiger partial charge in [-0.1, -0.05) is 24.3 Å². The van der Waals surface area contributed by atoms with E-state index in [-0.39, 0.29) is 5.82 Å². The zero-order valence-corrected chi connectivity index (χ0v) is 12.0. The number of hydrogen-bond acceptors (Lipinski definition) is 2. The second kappa shape index (κ2) is 6.68. The van der Waals surface area contributed by atoms with Gasteiger partial charge < -0.3 is 10.5 Å². The minimum Gasteiger partial charge on any atom is -0.399 e. The average molecular weight is 324 g/mol. The Bertz CT molecular complexity index is 560. The van der Waals surface area contributed by atoms with E-state index in [0.29, 0.717) is 17.7 Å². The van der Waals surface area contributed by atoms with Crippen molar-refractivity contribution in [3.05, 3.63) is 63.9 Å². The summed E-state index contributed by atoms with van der Waals surface area (Å²) in [6, 6.07) is 12.6. The molecule has 0 aliphatic heterocycles. The molecule has 0 spiro atoms. The standard InChI is InChI=1S/C15H15BrFNO/c16-13-9-11(5-6-14(13)17)10-19-8-7-12-3-1-2-4-15(12)18/h1-6,9H,7-8,10,18H2. The summed E-state index contributed by atoms with van der Waals surface area (Å²) in [6.45, 7) is 1.05. The van der Waals surface area contributed by atoms with E-state index in [4.69, 9.17) is 10.5 Å². The van der Waals surface area contributed by atoms with Gasteiger partial charge in [0.05, 0.1) is 17.7 Å². The summed E-state index contributed by atoms with van der Waals surface area (Å²) >= 11 is 3.15. The Hall–Kier alpha value is -1.39. The molecule has 0 saturated heterocycles. The first-order chi connectivity index (χ1) is 9.16. The maximum Gasteiger partial charge on any atom is 0.137 e. The van der Waals surface area contributed by atoms with Crippen molar-refractivity contribution in [1.82, 2.24) is 0 Å². The van der Waals surface area contributed by atoms with Crippen LogP contribution in [0.4, 0.5) is 10.1 Å². The fraction of sp³-hybridized carbons (Fsp3) is 0.200. The van der Waals surface area contributed by atoms with E-state index in [1.165, 1.54) is 6.07 Å². The lowest BCUT2D eigenvalue weighted by molar-refractivity contribution is 0.124. The third-order valence-electron chi connectivity index (χ3n) is 2.82. The molecule has 2 rings (SSSR count). The van der Waals surface area contributed by atoms with E-state index in [1.807, 2.05) is 24.3 Å². The number of halogens is 2. The second-order valence-corrected chi connectivity index (χ2v) is 5.10. The largest absolute Gasteiger partial charge is 0.399 e. The molecule has 0 aliphatic rings. The molecule has 0 unspecified atom stereocenters. The van der Waals surface area contributed by atoms with Crippen LogP contribution in [0.5, 0.6) is 0 Å². The van der Waals surface area contributed by atoms with E-state index in [0.717, 1.165) is 23.2 Å². The van der Waals surface area contributed by atoms with Crippen LogP contribution < -0.4 is 5.73 Å². The minimum atomic E-state index is -0.263. The Kier molecular flexibility index (Phi) is 4.93. The molecule has 100 valence electrons. The van der Waals surface area contributed by atoms with Gasteiger partial charge in [-0.25, -0.2) is 4.39 Å². The maximum absolute atomic E-state index is 13.1. The van der Waals surface area contributed by atoms with E-state index >= 15 is 0 Å². The lowest BCUT2D eigenvalue weighted by Gasteiger charge is -2.07. The van der Waals surface area contributed by atoms with Crippen LogP contribution in [-0.2, 0) is 17.8 Å². The highest BCUT2D eigenvalue weighted by molar-refractivity contribution is 9.10. The third kappa shape index (κ3) is 4.04. The third-order valence-corrected chi connectivity index (χ3v) is 3.43. The first kappa shape index (κ1) is 14.0. The zero-order valence-electron chi connectivity index (χ0n) is 10.4. The molecule has 0 radical (unpaired) electrons. The van der Waals surface area contributed by atoms with Crippen molar-refractivity contribution in [3.8, 4) is 0 Å². The van der Waals surface area contributed by atoms with Gasteiger partial charge in [0.15, 0.2) is 0 Å². The summed E-state index contributed by atoms with van der Waals surface area (Å²) in [7, 11) is 0. The highest BCUT2D eigenvalue weighted by Crippen LogP contribution is 2.17. The Morgan fingerprint density at radius 1 is 1.16 bits per heavy atom. The Balaban J connectivity index is 1.81. The molecule has 19 heavy (non-hydrogen) atoms. The van der Waals surface area contributed by atoms with Crippen LogP contribution >= 0.6 is 15.9 Å². The van der Waals surface area contributed by atoms with Gasteiger partial charge in [0.25, 0.3) is 0 Å². The topological polar surface area (TPSA) is 35.2 Å². The fourth-order valence-corrected chi connectivity index (χ4v) is 2.19. The van der Waals surface area contributed by atoms with E-state index < -0.39 is 0 Å². The fourth-order valence-electron chi connectivity index (χ4n) is 1.76. The SMILES string of the molecule is Nc1ccccc1CCOCc1ccc(F)c(Br)c1. The number of nitrogens with two attached hydrogens (primary N) is 1. The molecule has 0 saturated carbocycles. The first-order valence-electron chi connectivity index (χ1n) is 6.02. The van der Waals surface area contributed by atoms with Crippen LogP contribution in [0.2, 0.25) is 0 Å². The molecule has 0 atom stereocenters. The molecule has 0 aromatic heterocycles. The lowest BCUT2D eigenvalue weighted by Crippen LogP contribution is -2.02. The van der Waals surface area contributed by atoms with Gasteiger partial charge in [-0.3, -0.25) is 0 Å². The van der Waals surface area contributed by atoms with E-state index in [2.05, 4.69) is 15.9 Å². The molecule has 0 bridgehead atoms. The quantitative estimate of drug-likeness (QED) is 0.668. The smallest absolute Gasteiger partial charge is 0.137 e. The number of anilines is 1. The highest BCUT2D eigenvalue weighted by Gasteiger charge is 2.01. The van der Waals surface area contributed by atoms with Crippen LogP contribution in [0.25, 0.3) is 0 Å². The van der Waals surface area contributed by atoms with Gasteiger partial charge in [-0.15, -0.1) is 0 Å². The normalized spacial score (nSPS) is 10.6. The minimum absolute atomic E-state index is 0.263. The van der Waals surface area contributed by atoms with Crippen molar-refractivity contribution < 1.29 is 9.13 Å². The van der Waals surface area contributed by atoms with Crippen LogP contribution in [-0.4, -0.2) is 6.61 Å². The average Bonchev–Trinajstić information content (AvgIpc) is 2.40. The number of hydrogen-bond donors (Lipinski definition) is 1. The van der Waals surface area contributed by atoms with Crippen molar-refractivity contribution in [2.75, 3.05) is 12.3 Å². The molecule has 0 amide bonds. The van der Waals surface area contributed by atoms with Gasteiger partial charge in [-0.2, -0.15) is 0 Å². The van der Waals surface area contributed by atoms with E-state index in [9.17, 15) is 4.39 Å². The van der Waals surface area contributed by atoms with E-state index in [1.54, 1.807) is 12.1 Å². The summed E-state index contributed by atoms with van der Waals surface area (Å²) < 4.78 is 19.1. The second-order valence-electron chi connectivity index (χ2n) is 4.25. The summed E-state index contributed by atoms with van der Waals surface area (Å²) in [5.74, 6) is -0.263. The van der Waals surface area contributed by atoms with Crippen LogP contribution in [0, 0.1) is 5.82 Å². The molecular formula is C15H15BrFNO. The molecule has 0 fully saturated rings. The molecular weight excluding hydrogens is 309 g/mol. The Labute approximate surface area is 120 Å². The van der Waals surface area contributed by atoms with Gasteiger partial charge in [0, 0.05) is 5.69 Å². The first-order valence-corrected chi connectivity index (χ1v) is 6.81. The number of nitrogen functional groups attached to an aromatic ring is 1. The van der Waals surface area contributed by atoms with Crippen LogP contribution in [0.1, 0.15) is 11.1 Å². The number of para-hydroxylation sites is 1. The maximum atomic E-state index is 13.1. The van der Waals surface area contributed by atoms with Gasteiger partial charge in [-0.05, 0) is 51.7 Å². The highest BCUT2D eigenvalue weighted by atomic mass is 79.9.